The first-order valence-electron chi connectivity index (χ1n) is 9.33. The Kier molecular flexibility index (Phi) is 5.16. The van der Waals surface area contributed by atoms with Crippen LogP contribution < -0.4 is 0 Å². The van der Waals surface area contributed by atoms with Crippen LogP contribution in [-0.2, 0) is 6.54 Å². The molecule has 28 heavy (non-hydrogen) atoms. The number of hydrogen-bond acceptors (Lipinski definition) is 4. The molecule has 1 aliphatic heterocycles. The van der Waals surface area contributed by atoms with Crippen molar-refractivity contribution in [1.82, 2.24) is 24.6 Å². The number of piperazine rings is 1. The van der Waals surface area contributed by atoms with Crippen molar-refractivity contribution in [1.29, 1.82) is 0 Å². The molecule has 3 heterocycles. The number of halogens is 1. The standard InChI is InChI=1S/C21H22FN5O/c1-16-18(14-24-27(16)20-5-3-2-4-19(20)22)21(28)26-12-10-25(11-13-26)15-17-6-8-23-9-7-17/h2-9,14H,10-13,15H2,1H3. The quantitative estimate of drug-likeness (QED) is 0.699. The van der Waals surface area contributed by atoms with Gasteiger partial charge in [-0.05, 0) is 36.8 Å². The molecule has 3 aromatic rings. The van der Waals surface area contributed by atoms with Gasteiger partial charge in [-0.3, -0.25) is 14.7 Å². The van der Waals surface area contributed by atoms with Gasteiger partial charge in [0.15, 0.2) is 0 Å². The number of rotatable bonds is 4. The van der Waals surface area contributed by atoms with Gasteiger partial charge in [0.2, 0.25) is 0 Å². The fraction of sp³-hybridized carbons (Fsp3) is 0.286. The molecule has 0 atom stereocenters. The summed E-state index contributed by atoms with van der Waals surface area (Å²) in [4.78, 5) is 21.2. The summed E-state index contributed by atoms with van der Waals surface area (Å²) in [6, 6.07) is 10.5. The lowest BCUT2D eigenvalue weighted by molar-refractivity contribution is 0.0627. The second kappa shape index (κ2) is 7.90. The molecule has 0 bridgehead atoms. The predicted molar refractivity (Wildman–Crippen MR) is 104 cm³/mol. The molecule has 7 heteroatoms. The fourth-order valence-electron chi connectivity index (χ4n) is 3.51. The summed E-state index contributed by atoms with van der Waals surface area (Å²) in [6.07, 6.45) is 5.13. The number of carbonyl (C=O) groups excluding carboxylic acids is 1. The van der Waals surface area contributed by atoms with Crippen molar-refractivity contribution in [2.24, 2.45) is 0 Å². The van der Waals surface area contributed by atoms with E-state index in [0.29, 0.717) is 30.0 Å². The third-order valence-corrected chi connectivity index (χ3v) is 5.14. The van der Waals surface area contributed by atoms with E-state index in [9.17, 15) is 9.18 Å². The highest BCUT2D eigenvalue weighted by molar-refractivity contribution is 5.95. The van der Waals surface area contributed by atoms with E-state index in [-0.39, 0.29) is 11.7 Å². The Bertz CT molecular complexity index is 964. The molecule has 144 valence electrons. The van der Waals surface area contributed by atoms with Crippen LogP contribution in [0.25, 0.3) is 5.69 Å². The zero-order valence-electron chi connectivity index (χ0n) is 15.8. The van der Waals surface area contributed by atoms with Gasteiger partial charge in [0, 0.05) is 45.1 Å². The SMILES string of the molecule is Cc1c(C(=O)N2CCN(Cc3ccncc3)CC2)cnn1-c1ccccc1F. The van der Waals surface area contributed by atoms with E-state index < -0.39 is 0 Å². The maximum Gasteiger partial charge on any atom is 0.257 e. The molecule has 0 aliphatic carbocycles. The molecule has 2 aromatic heterocycles. The minimum atomic E-state index is -0.363. The second-order valence-electron chi connectivity index (χ2n) is 6.93. The first kappa shape index (κ1) is 18.3. The average Bonchev–Trinajstić information content (AvgIpc) is 3.10. The topological polar surface area (TPSA) is 54.3 Å². The van der Waals surface area contributed by atoms with Crippen molar-refractivity contribution in [3.05, 3.63) is 77.6 Å². The Hall–Kier alpha value is -3.06. The summed E-state index contributed by atoms with van der Waals surface area (Å²) < 4.78 is 15.6. The van der Waals surface area contributed by atoms with E-state index in [1.807, 2.05) is 17.0 Å². The van der Waals surface area contributed by atoms with Gasteiger partial charge in [0.25, 0.3) is 5.91 Å². The molecule has 0 saturated carbocycles. The van der Waals surface area contributed by atoms with Crippen molar-refractivity contribution >= 4 is 5.91 Å². The molecule has 6 nitrogen and oxygen atoms in total. The number of benzene rings is 1. The van der Waals surface area contributed by atoms with Gasteiger partial charge in [-0.15, -0.1) is 0 Å². The first-order chi connectivity index (χ1) is 13.6. The number of aromatic nitrogens is 3. The normalized spacial score (nSPS) is 15.0. The lowest BCUT2D eigenvalue weighted by Gasteiger charge is -2.34. The molecule has 1 aliphatic rings. The first-order valence-corrected chi connectivity index (χ1v) is 9.33. The number of hydrogen-bond donors (Lipinski definition) is 0. The summed E-state index contributed by atoms with van der Waals surface area (Å²) >= 11 is 0. The van der Waals surface area contributed by atoms with Crippen LogP contribution in [0.5, 0.6) is 0 Å². The van der Waals surface area contributed by atoms with Crippen LogP contribution in [0.15, 0.2) is 55.0 Å². The summed E-state index contributed by atoms with van der Waals surface area (Å²) in [5, 5.41) is 4.25. The van der Waals surface area contributed by atoms with E-state index in [4.69, 9.17) is 0 Å². The van der Waals surface area contributed by atoms with Crippen LogP contribution in [0.3, 0.4) is 0 Å². The third kappa shape index (κ3) is 3.66. The predicted octanol–water partition coefficient (Wildman–Crippen LogP) is 2.67. The zero-order valence-corrected chi connectivity index (χ0v) is 15.8. The van der Waals surface area contributed by atoms with Crippen LogP contribution in [-0.4, -0.2) is 56.7 Å². The minimum absolute atomic E-state index is 0.0522. The van der Waals surface area contributed by atoms with Crippen LogP contribution in [0.4, 0.5) is 4.39 Å². The number of amides is 1. The van der Waals surface area contributed by atoms with Crippen LogP contribution in [0, 0.1) is 12.7 Å². The summed E-state index contributed by atoms with van der Waals surface area (Å²) in [5.41, 5.74) is 2.73. The molecule has 1 fully saturated rings. The lowest BCUT2D eigenvalue weighted by Crippen LogP contribution is -2.48. The fourth-order valence-corrected chi connectivity index (χ4v) is 3.51. The van der Waals surface area contributed by atoms with Gasteiger partial charge in [0.1, 0.15) is 11.5 Å². The zero-order chi connectivity index (χ0) is 19.5. The molecule has 0 spiro atoms. The van der Waals surface area contributed by atoms with Gasteiger partial charge in [-0.25, -0.2) is 9.07 Å². The molecule has 1 amide bonds. The number of para-hydroxylation sites is 1. The van der Waals surface area contributed by atoms with Gasteiger partial charge < -0.3 is 4.90 Å². The summed E-state index contributed by atoms with van der Waals surface area (Å²) in [5.74, 6) is -0.416. The Balaban J connectivity index is 1.43. The molecule has 4 rings (SSSR count). The van der Waals surface area contributed by atoms with E-state index in [2.05, 4.69) is 15.0 Å². The minimum Gasteiger partial charge on any atom is -0.336 e. The molecular weight excluding hydrogens is 357 g/mol. The third-order valence-electron chi connectivity index (χ3n) is 5.14. The van der Waals surface area contributed by atoms with E-state index in [1.54, 1.807) is 37.5 Å². The van der Waals surface area contributed by atoms with Gasteiger partial charge >= 0.3 is 0 Å². The maximum absolute atomic E-state index is 14.1. The van der Waals surface area contributed by atoms with Crippen molar-refractivity contribution in [3.8, 4) is 5.69 Å². The highest BCUT2D eigenvalue weighted by Gasteiger charge is 2.25. The average molecular weight is 379 g/mol. The molecular formula is C21H22FN5O. The number of pyridine rings is 1. The largest absolute Gasteiger partial charge is 0.336 e. The molecule has 1 aromatic carbocycles. The molecule has 1 saturated heterocycles. The maximum atomic E-state index is 14.1. The van der Waals surface area contributed by atoms with Crippen molar-refractivity contribution in [2.75, 3.05) is 26.2 Å². The smallest absolute Gasteiger partial charge is 0.257 e. The van der Waals surface area contributed by atoms with Crippen molar-refractivity contribution in [3.63, 3.8) is 0 Å². The molecule has 0 N–H and O–H groups in total. The second-order valence-corrected chi connectivity index (χ2v) is 6.93. The van der Waals surface area contributed by atoms with E-state index >= 15 is 0 Å². The van der Waals surface area contributed by atoms with Gasteiger partial charge in [-0.2, -0.15) is 5.10 Å². The monoisotopic (exact) mass is 379 g/mol. The Morgan fingerprint density at radius 1 is 1.07 bits per heavy atom. The Morgan fingerprint density at radius 3 is 2.50 bits per heavy atom. The molecule has 0 unspecified atom stereocenters. The molecule has 0 radical (unpaired) electrons. The number of carbonyl (C=O) groups is 1. The van der Waals surface area contributed by atoms with Crippen molar-refractivity contribution < 1.29 is 9.18 Å². The van der Waals surface area contributed by atoms with Gasteiger partial charge in [-0.1, -0.05) is 12.1 Å². The number of nitrogens with zero attached hydrogens (tertiary/aromatic N) is 5. The highest BCUT2D eigenvalue weighted by atomic mass is 19.1. The van der Waals surface area contributed by atoms with Crippen LogP contribution >= 0.6 is 0 Å². The lowest BCUT2D eigenvalue weighted by atomic mass is 10.2. The summed E-state index contributed by atoms with van der Waals surface area (Å²) in [6.45, 7) is 5.60. The van der Waals surface area contributed by atoms with E-state index in [1.165, 1.54) is 22.5 Å². The highest BCUT2D eigenvalue weighted by Crippen LogP contribution is 2.19. The van der Waals surface area contributed by atoms with Gasteiger partial charge in [0.05, 0.1) is 17.5 Å². The van der Waals surface area contributed by atoms with Crippen LogP contribution in [0.1, 0.15) is 21.6 Å². The van der Waals surface area contributed by atoms with E-state index in [0.717, 1.165) is 19.6 Å². The van der Waals surface area contributed by atoms with Crippen LogP contribution in [0.2, 0.25) is 0 Å². The Morgan fingerprint density at radius 2 is 1.79 bits per heavy atom. The van der Waals surface area contributed by atoms with Crippen molar-refractivity contribution in [2.45, 2.75) is 13.5 Å². The Labute approximate surface area is 163 Å². The summed E-state index contributed by atoms with van der Waals surface area (Å²) in [7, 11) is 0.